The molecule has 0 aromatic rings. The molecule has 2 saturated heterocycles. The minimum Gasteiger partial charge on any atom is -0.444 e. The van der Waals surface area contributed by atoms with Gasteiger partial charge < -0.3 is 14.5 Å². The molecule has 0 radical (unpaired) electrons. The molecular formula is C16H30N2O2. The van der Waals surface area contributed by atoms with E-state index in [-0.39, 0.29) is 11.7 Å². The summed E-state index contributed by atoms with van der Waals surface area (Å²) in [7, 11) is 0. The first-order chi connectivity index (χ1) is 9.26. The quantitative estimate of drug-likeness (QED) is 0.780. The fourth-order valence-corrected chi connectivity index (χ4v) is 3.15. The lowest BCUT2D eigenvalue weighted by Gasteiger charge is -2.47. The SMILES string of the molecule is CC(C)N1CC(C2CCN(C(=O)OC(C)(C)C)CC2)C1. The number of carbonyl (C=O) groups excluding carboxylic acids is 1. The third-order valence-electron chi connectivity index (χ3n) is 4.53. The Bertz CT molecular complexity index is 335. The highest BCUT2D eigenvalue weighted by Crippen LogP contribution is 2.33. The van der Waals surface area contributed by atoms with Crippen LogP contribution < -0.4 is 0 Å². The van der Waals surface area contributed by atoms with Gasteiger partial charge in [-0.2, -0.15) is 0 Å². The molecular weight excluding hydrogens is 252 g/mol. The summed E-state index contributed by atoms with van der Waals surface area (Å²) < 4.78 is 5.44. The predicted octanol–water partition coefficient (Wildman–Crippen LogP) is 2.97. The van der Waals surface area contributed by atoms with E-state index >= 15 is 0 Å². The Labute approximate surface area is 123 Å². The molecule has 20 heavy (non-hydrogen) atoms. The van der Waals surface area contributed by atoms with Crippen LogP contribution in [0.25, 0.3) is 0 Å². The molecule has 1 amide bonds. The average Bonchev–Trinajstić information content (AvgIpc) is 2.24. The average molecular weight is 282 g/mol. The maximum Gasteiger partial charge on any atom is 0.410 e. The van der Waals surface area contributed by atoms with Crippen LogP contribution in [0.3, 0.4) is 0 Å². The zero-order valence-corrected chi connectivity index (χ0v) is 13.7. The van der Waals surface area contributed by atoms with Crippen molar-refractivity contribution in [3.8, 4) is 0 Å². The van der Waals surface area contributed by atoms with E-state index in [1.165, 1.54) is 13.1 Å². The van der Waals surface area contributed by atoms with Gasteiger partial charge in [0.25, 0.3) is 0 Å². The summed E-state index contributed by atoms with van der Waals surface area (Å²) >= 11 is 0. The van der Waals surface area contributed by atoms with Gasteiger partial charge in [0.1, 0.15) is 5.60 Å². The molecule has 2 aliphatic heterocycles. The Balaban J connectivity index is 1.72. The van der Waals surface area contributed by atoms with Crippen LogP contribution in [0.5, 0.6) is 0 Å². The van der Waals surface area contributed by atoms with Crippen LogP contribution >= 0.6 is 0 Å². The number of amides is 1. The zero-order chi connectivity index (χ0) is 14.9. The monoisotopic (exact) mass is 282 g/mol. The Kier molecular flexibility index (Phi) is 4.62. The van der Waals surface area contributed by atoms with Crippen LogP contribution in [0.2, 0.25) is 0 Å². The van der Waals surface area contributed by atoms with Gasteiger partial charge in [-0.3, -0.25) is 0 Å². The molecule has 4 heteroatoms. The van der Waals surface area contributed by atoms with Crippen LogP contribution in [-0.2, 0) is 4.74 Å². The fraction of sp³-hybridized carbons (Fsp3) is 0.938. The molecule has 0 spiro atoms. The third kappa shape index (κ3) is 3.87. The lowest BCUT2D eigenvalue weighted by molar-refractivity contribution is -0.00615. The van der Waals surface area contributed by atoms with Gasteiger partial charge in [0.2, 0.25) is 0 Å². The molecule has 2 aliphatic rings. The normalized spacial score (nSPS) is 23.0. The Morgan fingerprint density at radius 1 is 1.10 bits per heavy atom. The number of piperidine rings is 1. The number of rotatable bonds is 2. The van der Waals surface area contributed by atoms with E-state index in [9.17, 15) is 4.79 Å². The highest BCUT2D eigenvalue weighted by atomic mass is 16.6. The Hall–Kier alpha value is -0.770. The van der Waals surface area contributed by atoms with Crippen molar-refractivity contribution in [3.63, 3.8) is 0 Å². The van der Waals surface area contributed by atoms with Crippen molar-refractivity contribution in [1.82, 2.24) is 9.80 Å². The lowest BCUT2D eigenvalue weighted by atomic mass is 9.79. The van der Waals surface area contributed by atoms with Gasteiger partial charge in [-0.25, -0.2) is 4.79 Å². The maximum atomic E-state index is 12.0. The molecule has 2 rings (SSSR count). The Morgan fingerprint density at radius 2 is 1.65 bits per heavy atom. The zero-order valence-electron chi connectivity index (χ0n) is 13.7. The standard InChI is InChI=1S/C16H30N2O2/c1-12(2)18-10-14(11-18)13-6-8-17(9-7-13)15(19)20-16(3,4)5/h12-14H,6-11H2,1-5H3. The van der Waals surface area contributed by atoms with Gasteiger partial charge in [-0.05, 0) is 59.3 Å². The number of hydrogen-bond acceptors (Lipinski definition) is 3. The van der Waals surface area contributed by atoms with Crippen LogP contribution in [0.1, 0.15) is 47.5 Å². The van der Waals surface area contributed by atoms with Crippen molar-refractivity contribution >= 4 is 6.09 Å². The summed E-state index contributed by atoms with van der Waals surface area (Å²) in [6.45, 7) is 14.5. The summed E-state index contributed by atoms with van der Waals surface area (Å²) in [5.41, 5.74) is -0.389. The summed E-state index contributed by atoms with van der Waals surface area (Å²) in [5, 5.41) is 0. The highest BCUT2D eigenvalue weighted by Gasteiger charge is 2.37. The van der Waals surface area contributed by atoms with Crippen molar-refractivity contribution in [2.24, 2.45) is 11.8 Å². The number of ether oxygens (including phenoxy) is 1. The largest absolute Gasteiger partial charge is 0.444 e. The first-order valence-electron chi connectivity index (χ1n) is 7.98. The third-order valence-corrected chi connectivity index (χ3v) is 4.53. The van der Waals surface area contributed by atoms with E-state index in [1.807, 2.05) is 25.7 Å². The van der Waals surface area contributed by atoms with Crippen molar-refractivity contribution in [2.45, 2.75) is 59.1 Å². The molecule has 4 nitrogen and oxygen atoms in total. The highest BCUT2D eigenvalue weighted by molar-refractivity contribution is 5.68. The van der Waals surface area contributed by atoms with E-state index < -0.39 is 0 Å². The molecule has 0 atom stereocenters. The van der Waals surface area contributed by atoms with Crippen molar-refractivity contribution < 1.29 is 9.53 Å². The van der Waals surface area contributed by atoms with Crippen LogP contribution in [0.15, 0.2) is 0 Å². The van der Waals surface area contributed by atoms with Gasteiger partial charge in [0.05, 0.1) is 0 Å². The smallest absolute Gasteiger partial charge is 0.410 e. The number of nitrogens with zero attached hydrogens (tertiary/aromatic N) is 2. The van der Waals surface area contributed by atoms with E-state index in [2.05, 4.69) is 18.7 Å². The van der Waals surface area contributed by atoms with Gasteiger partial charge in [-0.1, -0.05) is 0 Å². The molecule has 0 bridgehead atoms. The van der Waals surface area contributed by atoms with Gasteiger partial charge in [0.15, 0.2) is 0 Å². The summed E-state index contributed by atoms with van der Waals surface area (Å²) in [4.78, 5) is 16.4. The predicted molar refractivity (Wildman–Crippen MR) is 80.7 cm³/mol. The van der Waals surface area contributed by atoms with E-state index in [1.54, 1.807) is 0 Å². The second kappa shape index (κ2) is 5.92. The number of likely N-dealkylation sites (tertiary alicyclic amines) is 2. The van der Waals surface area contributed by atoms with E-state index in [0.29, 0.717) is 6.04 Å². The van der Waals surface area contributed by atoms with Crippen LogP contribution in [-0.4, -0.2) is 53.7 Å². The molecule has 0 N–H and O–H groups in total. The lowest BCUT2D eigenvalue weighted by Crippen LogP contribution is -2.54. The number of carbonyl (C=O) groups is 1. The Morgan fingerprint density at radius 3 is 2.10 bits per heavy atom. The van der Waals surface area contributed by atoms with Gasteiger partial charge in [-0.15, -0.1) is 0 Å². The van der Waals surface area contributed by atoms with E-state index in [4.69, 9.17) is 4.74 Å². The maximum absolute atomic E-state index is 12.0. The first kappa shape index (κ1) is 15.6. The fourth-order valence-electron chi connectivity index (χ4n) is 3.15. The second-order valence-electron chi connectivity index (χ2n) is 7.61. The van der Waals surface area contributed by atoms with Crippen molar-refractivity contribution in [3.05, 3.63) is 0 Å². The van der Waals surface area contributed by atoms with Crippen LogP contribution in [0.4, 0.5) is 4.79 Å². The first-order valence-corrected chi connectivity index (χ1v) is 7.98. The van der Waals surface area contributed by atoms with Crippen molar-refractivity contribution in [1.29, 1.82) is 0 Å². The van der Waals surface area contributed by atoms with Crippen LogP contribution in [0, 0.1) is 11.8 Å². The molecule has 2 fully saturated rings. The van der Waals surface area contributed by atoms with Crippen molar-refractivity contribution in [2.75, 3.05) is 26.2 Å². The summed E-state index contributed by atoms with van der Waals surface area (Å²) in [6.07, 6.45) is 2.12. The van der Waals surface area contributed by atoms with Gasteiger partial charge in [0, 0.05) is 32.2 Å². The number of hydrogen-bond donors (Lipinski definition) is 0. The second-order valence-corrected chi connectivity index (χ2v) is 7.61. The molecule has 0 saturated carbocycles. The summed E-state index contributed by atoms with van der Waals surface area (Å²) in [5.74, 6) is 1.64. The topological polar surface area (TPSA) is 32.8 Å². The minimum absolute atomic E-state index is 0.145. The molecule has 116 valence electrons. The molecule has 0 aliphatic carbocycles. The molecule has 0 unspecified atom stereocenters. The summed E-state index contributed by atoms with van der Waals surface area (Å²) in [6, 6.07) is 0.674. The molecule has 0 aromatic carbocycles. The van der Waals surface area contributed by atoms with E-state index in [0.717, 1.165) is 37.8 Å². The molecule has 2 heterocycles. The van der Waals surface area contributed by atoms with Gasteiger partial charge >= 0.3 is 6.09 Å². The minimum atomic E-state index is -0.389. The molecule has 0 aromatic heterocycles.